The number of aliphatic hydroxyl groups excluding tert-OH is 1. The molecule has 1 aliphatic heterocycles. The van der Waals surface area contributed by atoms with Gasteiger partial charge in [-0.3, -0.25) is 9.59 Å². The van der Waals surface area contributed by atoms with Crippen molar-refractivity contribution in [2.24, 2.45) is 0 Å². The average Bonchev–Trinajstić information content (AvgIpc) is 3.06. The van der Waals surface area contributed by atoms with Gasteiger partial charge in [0.1, 0.15) is 11.5 Å². The Morgan fingerprint density at radius 2 is 1.74 bits per heavy atom. The second-order valence-corrected chi connectivity index (χ2v) is 10.00. The first kappa shape index (κ1) is 25.3. The number of benzene rings is 2. The van der Waals surface area contributed by atoms with Gasteiger partial charge in [0.25, 0.3) is 11.7 Å². The number of carbonyl (C=O) groups excluding carboxylic acids is 2. The van der Waals surface area contributed by atoms with E-state index in [0.29, 0.717) is 17.9 Å². The Hall–Kier alpha value is -3.28. The summed E-state index contributed by atoms with van der Waals surface area (Å²) in [5.74, 6) is -1.00. The number of aliphatic hydroxyl groups is 1. The van der Waals surface area contributed by atoms with Gasteiger partial charge >= 0.3 is 0 Å². The third-order valence-corrected chi connectivity index (χ3v) is 6.34. The fourth-order valence-electron chi connectivity index (χ4n) is 4.25. The largest absolute Gasteiger partial charge is 0.507 e. The van der Waals surface area contributed by atoms with E-state index in [1.165, 1.54) is 7.11 Å². The van der Waals surface area contributed by atoms with Crippen molar-refractivity contribution >= 4 is 23.1 Å². The minimum absolute atomic E-state index is 0.100. The minimum Gasteiger partial charge on any atom is -0.507 e. The maximum atomic E-state index is 13.3. The van der Waals surface area contributed by atoms with Crippen LogP contribution in [0.15, 0.2) is 48.0 Å². The summed E-state index contributed by atoms with van der Waals surface area (Å²) in [5.41, 5.74) is 3.13. The Morgan fingerprint density at radius 1 is 1.09 bits per heavy atom. The first-order valence-corrected chi connectivity index (χ1v) is 11.8. The number of ketones is 1. The molecular formula is C28H36N2O4. The number of anilines is 1. The van der Waals surface area contributed by atoms with Crippen LogP contribution in [0.1, 0.15) is 63.3 Å². The number of hydrogen-bond acceptors (Lipinski definition) is 5. The fourth-order valence-corrected chi connectivity index (χ4v) is 4.25. The Balaban J connectivity index is 2.24. The predicted molar refractivity (Wildman–Crippen MR) is 136 cm³/mol. The van der Waals surface area contributed by atoms with Gasteiger partial charge in [-0.2, -0.15) is 0 Å². The summed E-state index contributed by atoms with van der Waals surface area (Å²) < 4.78 is 5.52. The van der Waals surface area contributed by atoms with Gasteiger partial charge in [0.2, 0.25) is 0 Å². The molecule has 34 heavy (non-hydrogen) atoms. The molecule has 6 nitrogen and oxygen atoms in total. The maximum absolute atomic E-state index is 13.3. The fraction of sp³-hybridized carbons (Fsp3) is 0.429. The van der Waals surface area contributed by atoms with Gasteiger partial charge in [-0.05, 0) is 47.2 Å². The van der Waals surface area contributed by atoms with E-state index in [1.54, 1.807) is 11.0 Å². The first-order chi connectivity index (χ1) is 16.0. The number of methoxy groups -OCH3 is 1. The standard InChI is InChI=1S/C28H36N2O4/c1-8-9-16-30-24(18-10-13-20(14-11-18)29(5)6)23(26(32)27(30)33)25(31)21-17-19(28(2,3)4)12-15-22(21)34-7/h10-15,17,24,31H,8-9,16H2,1-7H3/b25-23+. The summed E-state index contributed by atoms with van der Waals surface area (Å²) in [6.07, 6.45) is 1.65. The van der Waals surface area contributed by atoms with E-state index in [9.17, 15) is 14.7 Å². The molecule has 0 aromatic heterocycles. The average molecular weight is 465 g/mol. The Labute approximate surface area is 202 Å². The van der Waals surface area contributed by atoms with Crippen molar-refractivity contribution in [3.63, 3.8) is 0 Å². The smallest absolute Gasteiger partial charge is 0.295 e. The van der Waals surface area contributed by atoms with Crippen molar-refractivity contribution in [3.05, 3.63) is 64.7 Å². The Kier molecular flexibility index (Phi) is 7.39. The molecule has 0 aliphatic carbocycles. The van der Waals surface area contributed by atoms with E-state index in [1.807, 2.05) is 62.3 Å². The number of likely N-dealkylation sites (tertiary alicyclic amines) is 1. The lowest BCUT2D eigenvalue weighted by atomic mass is 9.85. The van der Waals surface area contributed by atoms with Gasteiger partial charge in [0.05, 0.1) is 24.3 Å². The normalized spacial score (nSPS) is 17.9. The van der Waals surface area contributed by atoms with Crippen LogP contribution in [0.2, 0.25) is 0 Å². The second kappa shape index (κ2) is 9.92. The van der Waals surface area contributed by atoms with Crippen LogP contribution in [-0.4, -0.2) is 49.4 Å². The van der Waals surface area contributed by atoms with Crippen LogP contribution in [0, 0.1) is 0 Å². The molecule has 0 saturated carbocycles. The lowest BCUT2D eigenvalue weighted by Crippen LogP contribution is -2.30. The van der Waals surface area contributed by atoms with Crippen LogP contribution < -0.4 is 9.64 Å². The molecule has 3 rings (SSSR count). The molecule has 1 saturated heterocycles. The molecule has 1 N–H and O–H groups in total. The van der Waals surface area contributed by atoms with E-state index < -0.39 is 17.7 Å². The SMILES string of the molecule is CCCCN1C(=O)C(=O)/C(=C(/O)c2cc(C(C)(C)C)ccc2OC)C1c1ccc(N(C)C)cc1. The molecule has 2 aromatic rings. The molecule has 0 bridgehead atoms. The molecule has 1 aliphatic rings. The Bertz CT molecular complexity index is 1090. The lowest BCUT2D eigenvalue weighted by Gasteiger charge is -2.26. The van der Waals surface area contributed by atoms with Gasteiger partial charge in [0.15, 0.2) is 0 Å². The van der Waals surface area contributed by atoms with Crippen LogP contribution >= 0.6 is 0 Å². The van der Waals surface area contributed by atoms with Gasteiger partial charge in [-0.25, -0.2) is 0 Å². The monoisotopic (exact) mass is 464 g/mol. The zero-order chi connectivity index (χ0) is 25.2. The van der Waals surface area contributed by atoms with Crippen molar-refractivity contribution in [3.8, 4) is 5.75 Å². The van der Waals surface area contributed by atoms with Crippen LogP contribution in [0.4, 0.5) is 5.69 Å². The van der Waals surface area contributed by atoms with Gasteiger partial charge in [-0.15, -0.1) is 0 Å². The van der Waals surface area contributed by atoms with Crippen LogP contribution in [0.25, 0.3) is 5.76 Å². The maximum Gasteiger partial charge on any atom is 0.295 e. The molecule has 1 heterocycles. The van der Waals surface area contributed by atoms with E-state index in [2.05, 4.69) is 20.8 Å². The highest BCUT2D eigenvalue weighted by Crippen LogP contribution is 2.42. The highest BCUT2D eigenvalue weighted by atomic mass is 16.5. The number of amides is 1. The van der Waals surface area contributed by atoms with E-state index >= 15 is 0 Å². The summed E-state index contributed by atoms with van der Waals surface area (Å²) in [7, 11) is 5.44. The number of Topliss-reactive ketones (excluding diaryl/α,β-unsaturated/α-hetero) is 1. The topological polar surface area (TPSA) is 70.1 Å². The zero-order valence-electron chi connectivity index (χ0n) is 21.3. The van der Waals surface area contributed by atoms with Crippen LogP contribution in [-0.2, 0) is 15.0 Å². The third kappa shape index (κ3) is 4.81. The molecule has 6 heteroatoms. The van der Waals surface area contributed by atoms with E-state index in [4.69, 9.17) is 4.74 Å². The minimum atomic E-state index is -0.668. The number of carbonyl (C=O) groups is 2. The van der Waals surface area contributed by atoms with Gasteiger partial charge in [0, 0.05) is 26.3 Å². The van der Waals surface area contributed by atoms with Crippen molar-refractivity contribution < 1.29 is 19.4 Å². The molecule has 0 radical (unpaired) electrons. The molecule has 1 unspecified atom stereocenters. The van der Waals surface area contributed by atoms with E-state index in [0.717, 1.165) is 29.7 Å². The summed E-state index contributed by atoms with van der Waals surface area (Å²) in [4.78, 5) is 29.9. The first-order valence-electron chi connectivity index (χ1n) is 11.8. The number of hydrogen-bond donors (Lipinski definition) is 1. The van der Waals surface area contributed by atoms with E-state index in [-0.39, 0.29) is 16.7 Å². The molecule has 182 valence electrons. The number of unbranched alkanes of at least 4 members (excludes halogenated alkanes) is 1. The second-order valence-electron chi connectivity index (χ2n) is 10.00. The molecule has 0 spiro atoms. The molecule has 2 aromatic carbocycles. The quantitative estimate of drug-likeness (QED) is 0.343. The van der Waals surface area contributed by atoms with Crippen molar-refractivity contribution in [1.29, 1.82) is 0 Å². The number of ether oxygens (including phenoxy) is 1. The van der Waals surface area contributed by atoms with Gasteiger partial charge in [-0.1, -0.05) is 52.3 Å². The number of rotatable bonds is 7. The summed E-state index contributed by atoms with van der Waals surface area (Å²) in [5, 5.41) is 11.5. The van der Waals surface area contributed by atoms with Crippen molar-refractivity contribution in [2.45, 2.75) is 52.0 Å². The summed E-state index contributed by atoms with van der Waals surface area (Å²) >= 11 is 0. The number of nitrogens with zero attached hydrogens (tertiary/aromatic N) is 2. The lowest BCUT2D eigenvalue weighted by molar-refractivity contribution is -0.139. The highest BCUT2D eigenvalue weighted by Gasteiger charge is 2.46. The van der Waals surface area contributed by atoms with Crippen molar-refractivity contribution in [1.82, 2.24) is 4.90 Å². The zero-order valence-corrected chi connectivity index (χ0v) is 21.3. The molecule has 1 fully saturated rings. The summed E-state index contributed by atoms with van der Waals surface area (Å²) in [6, 6.07) is 12.7. The third-order valence-electron chi connectivity index (χ3n) is 6.34. The molecule has 1 atom stereocenters. The molecular weight excluding hydrogens is 428 g/mol. The highest BCUT2D eigenvalue weighted by molar-refractivity contribution is 6.46. The van der Waals surface area contributed by atoms with Crippen LogP contribution in [0.5, 0.6) is 5.75 Å². The summed E-state index contributed by atoms with van der Waals surface area (Å²) in [6.45, 7) is 8.72. The predicted octanol–water partition coefficient (Wildman–Crippen LogP) is 5.28. The molecule has 1 amide bonds. The van der Waals surface area contributed by atoms with Crippen LogP contribution in [0.3, 0.4) is 0 Å². The Morgan fingerprint density at radius 3 is 2.26 bits per heavy atom. The van der Waals surface area contributed by atoms with Gasteiger partial charge < -0.3 is 19.6 Å². The van der Waals surface area contributed by atoms with Crippen molar-refractivity contribution in [2.75, 3.05) is 32.6 Å².